The van der Waals surface area contributed by atoms with Gasteiger partial charge in [0.05, 0.1) is 0 Å². The topological polar surface area (TPSA) is 0 Å². The third-order valence-corrected chi connectivity index (χ3v) is 3.03. The number of fused-ring (bicyclic) bond motifs is 2. The molecule has 0 unspecified atom stereocenters. The van der Waals surface area contributed by atoms with E-state index in [2.05, 4.69) is 36.4 Å². The summed E-state index contributed by atoms with van der Waals surface area (Å²) in [4.78, 5) is 0. The second-order valence-electron chi connectivity index (χ2n) is 3.80. The third kappa shape index (κ3) is 0.983. The molecule has 0 amide bonds. The number of hydrogen-bond acceptors (Lipinski definition) is 0. The summed E-state index contributed by atoms with van der Waals surface area (Å²) in [5.74, 6) is 0. The molecule has 0 heterocycles. The van der Waals surface area contributed by atoms with Gasteiger partial charge in [0.25, 0.3) is 0 Å². The van der Waals surface area contributed by atoms with Crippen molar-refractivity contribution in [1.29, 1.82) is 0 Å². The number of hydrogen-bond donors (Lipinski definition) is 0. The van der Waals surface area contributed by atoms with Gasteiger partial charge >= 0.3 is 0 Å². The number of benzene rings is 1. The van der Waals surface area contributed by atoms with Crippen molar-refractivity contribution in [1.82, 2.24) is 0 Å². The Morgan fingerprint density at radius 1 is 0.923 bits per heavy atom. The molecule has 0 saturated heterocycles. The van der Waals surface area contributed by atoms with Gasteiger partial charge in [-0.15, -0.1) is 0 Å². The van der Waals surface area contributed by atoms with Gasteiger partial charge in [-0.1, -0.05) is 42.0 Å². The number of allylic oxidation sites excluding steroid dienone is 4. The largest absolute Gasteiger partial charge is 0.0841 e. The van der Waals surface area contributed by atoms with E-state index in [1.165, 1.54) is 24.0 Å². The first-order chi connectivity index (χ1) is 6.45. The third-order valence-electron chi connectivity index (χ3n) is 3.03. The molecule has 0 aromatic heterocycles. The van der Waals surface area contributed by atoms with Crippen molar-refractivity contribution in [3.8, 4) is 0 Å². The lowest BCUT2D eigenvalue weighted by molar-refractivity contribution is 1.08. The maximum Gasteiger partial charge on any atom is -0.00518 e. The van der Waals surface area contributed by atoms with E-state index in [4.69, 9.17) is 0 Å². The molecule has 0 saturated carbocycles. The summed E-state index contributed by atoms with van der Waals surface area (Å²) in [7, 11) is 0. The first kappa shape index (κ1) is 7.14. The molecule has 64 valence electrons. The van der Waals surface area contributed by atoms with Crippen LogP contribution < -0.4 is 0 Å². The first-order valence-electron chi connectivity index (χ1n) is 4.89. The van der Waals surface area contributed by atoms with Crippen LogP contribution in [0, 0.1) is 0 Å². The quantitative estimate of drug-likeness (QED) is 0.521. The second kappa shape index (κ2) is 2.59. The molecule has 0 aliphatic heterocycles. The van der Waals surface area contributed by atoms with Gasteiger partial charge in [-0.05, 0) is 36.0 Å². The van der Waals surface area contributed by atoms with E-state index in [-0.39, 0.29) is 0 Å². The van der Waals surface area contributed by atoms with E-state index in [1.807, 2.05) is 0 Å². The fourth-order valence-electron chi connectivity index (χ4n) is 2.37. The van der Waals surface area contributed by atoms with Gasteiger partial charge in [-0.3, -0.25) is 0 Å². The van der Waals surface area contributed by atoms with Gasteiger partial charge in [0.2, 0.25) is 0 Å². The summed E-state index contributed by atoms with van der Waals surface area (Å²) in [6.07, 6.45) is 8.10. The zero-order valence-corrected chi connectivity index (χ0v) is 7.59. The molecule has 0 N–H and O–H groups in total. The highest BCUT2D eigenvalue weighted by Gasteiger charge is 2.20. The Bertz CT molecular complexity index is 408. The standard InChI is InChI=1S/C13H12/c1-3-7-12-10(5-1)9-11-6-2-4-8-13(11)12/h1-5,7H,6,8-9H2. The molecule has 2 aliphatic carbocycles. The lowest BCUT2D eigenvalue weighted by Crippen LogP contribution is -1.87. The van der Waals surface area contributed by atoms with Crippen LogP contribution in [0.15, 0.2) is 42.0 Å². The van der Waals surface area contributed by atoms with Gasteiger partial charge in [-0.2, -0.15) is 0 Å². The van der Waals surface area contributed by atoms with Crippen molar-refractivity contribution in [3.05, 3.63) is 53.1 Å². The smallest absolute Gasteiger partial charge is 0.00518 e. The van der Waals surface area contributed by atoms with Gasteiger partial charge in [0.15, 0.2) is 0 Å². The van der Waals surface area contributed by atoms with Gasteiger partial charge < -0.3 is 0 Å². The van der Waals surface area contributed by atoms with E-state index < -0.39 is 0 Å². The van der Waals surface area contributed by atoms with Crippen LogP contribution in [-0.4, -0.2) is 0 Å². The summed E-state index contributed by atoms with van der Waals surface area (Å²) in [6.45, 7) is 0. The van der Waals surface area contributed by atoms with Crippen LogP contribution in [0.2, 0.25) is 0 Å². The van der Waals surface area contributed by atoms with Crippen molar-refractivity contribution in [3.63, 3.8) is 0 Å². The Kier molecular flexibility index (Phi) is 1.42. The highest BCUT2D eigenvalue weighted by Crippen LogP contribution is 2.38. The molecule has 13 heavy (non-hydrogen) atoms. The summed E-state index contributed by atoms with van der Waals surface area (Å²) in [6, 6.07) is 8.81. The van der Waals surface area contributed by atoms with Crippen LogP contribution >= 0.6 is 0 Å². The van der Waals surface area contributed by atoms with Crippen LogP contribution in [0.25, 0.3) is 5.57 Å². The molecule has 3 rings (SSSR count). The maximum atomic E-state index is 2.30. The molecular formula is C13H12. The van der Waals surface area contributed by atoms with Crippen molar-refractivity contribution < 1.29 is 0 Å². The minimum Gasteiger partial charge on any atom is -0.0841 e. The van der Waals surface area contributed by atoms with E-state index in [9.17, 15) is 0 Å². The summed E-state index contributed by atoms with van der Waals surface area (Å²) in [5.41, 5.74) is 6.26. The molecule has 2 aliphatic rings. The van der Waals surface area contributed by atoms with Gasteiger partial charge in [-0.25, -0.2) is 0 Å². The van der Waals surface area contributed by atoms with E-state index in [0.717, 1.165) is 6.42 Å². The molecular weight excluding hydrogens is 156 g/mol. The van der Waals surface area contributed by atoms with Crippen LogP contribution in [0.5, 0.6) is 0 Å². The van der Waals surface area contributed by atoms with Crippen molar-refractivity contribution in [2.24, 2.45) is 0 Å². The van der Waals surface area contributed by atoms with E-state index in [0.29, 0.717) is 0 Å². The zero-order chi connectivity index (χ0) is 8.67. The normalized spacial score (nSPS) is 18.8. The average Bonchev–Trinajstić information content (AvgIpc) is 2.56. The minimum atomic E-state index is 1.15. The van der Waals surface area contributed by atoms with Crippen LogP contribution in [0.3, 0.4) is 0 Å². The molecule has 1 aromatic rings. The molecule has 0 atom stereocenters. The fraction of sp³-hybridized carbons (Fsp3) is 0.231. The molecule has 0 radical (unpaired) electrons. The minimum absolute atomic E-state index is 1.15. The molecule has 0 fully saturated rings. The highest BCUT2D eigenvalue weighted by atomic mass is 14.2. The SMILES string of the molecule is C1=CCC2=C(C1)Cc1ccccc12. The Balaban J connectivity index is 2.13. The maximum absolute atomic E-state index is 2.30. The molecule has 0 nitrogen and oxygen atoms in total. The van der Waals surface area contributed by atoms with Crippen LogP contribution in [0.4, 0.5) is 0 Å². The number of rotatable bonds is 0. The lowest BCUT2D eigenvalue weighted by Gasteiger charge is -2.08. The van der Waals surface area contributed by atoms with Gasteiger partial charge in [0, 0.05) is 0 Å². The average molecular weight is 168 g/mol. The van der Waals surface area contributed by atoms with Crippen LogP contribution in [-0.2, 0) is 6.42 Å². The van der Waals surface area contributed by atoms with Gasteiger partial charge in [0.1, 0.15) is 0 Å². The Morgan fingerprint density at radius 3 is 2.77 bits per heavy atom. The zero-order valence-electron chi connectivity index (χ0n) is 7.59. The summed E-state index contributed by atoms with van der Waals surface area (Å²) < 4.78 is 0. The van der Waals surface area contributed by atoms with E-state index >= 15 is 0 Å². The lowest BCUT2D eigenvalue weighted by atomic mass is 9.97. The van der Waals surface area contributed by atoms with Crippen LogP contribution in [0.1, 0.15) is 24.0 Å². The molecule has 0 bridgehead atoms. The molecule has 0 heteroatoms. The Hall–Kier alpha value is -1.30. The monoisotopic (exact) mass is 168 g/mol. The highest BCUT2D eigenvalue weighted by molar-refractivity contribution is 5.78. The Morgan fingerprint density at radius 2 is 1.77 bits per heavy atom. The predicted octanol–water partition coefficient (Wildman–Crippen LogP) is 3.35. The van der Waals surface area contributed by atoms with Crippen molar-refractivity contribution in [2.75, 3.05) is 0 Å². The van der Waals surface area contributed by atoms with Crippen molar-refractivity contribution in [2.45, 2.75) is 19.3 Å². The predicted molar refractivity (Wildman–Crippen MR) is 55.4 cm³/mol. The second-order valence-corrected chi connectivity index (χ2v) is 3.80. The molecule has 0 spiro atoms. The summed E-state index contributed by atoms with van der Waals surface area (Å²) in [5, 5.41) is 0. The summed E-state index contributed by atoms with van der Waals surface area (Å²) >= 11 is 0. The first-order valence-corrected chi connectivity index (χ1v) is 4.89. The fourth-order valence-corrected chi connectivity index (χ4v) is 2.37. The Labute approximate surface area is 78.6 Å². The van der Waals surface area contributed by atoms with Crippen molar-refractivity contribution >= 4 is 5.57 Å². The van der Waals surface area contributed by atoms with E-state index in [1.54, 1.807) is 11.1 Å². The molecule has 1 aromatic carbocycles.